The monoisotopic (exact) mass is 434 g/mol. The van der Waals surface area contributed by atoms with E-state index in [2.05, 4.69) is 53.8 Å². The fourth-order valence-electron chi connectivity index (χ4n) is 4.10. The van der Waals surface area contributed by atoms with Crippen LogP contribution in [0.15, 0.2) is 103 Å². The summed E-state index contributed by atoms with van der Waals surface area (Å²) in [7, 11) is 0. The lowest BCUT2D eigenvalue weighted by Crippen LogP contribution is -2.05. The predicted molar refractivity (Wildman–Crippen MR) is 133 cm³/mol. The summed E-state index contributed by atoms with van der Waals surface area (Å²) in [5.41, 5.74) is 3.07. The highest BCUT2D eigenvalue weighted by Gasteiger charge is 2.11. The summed E-state index contributed by atoms with van der Waals surface area (Å²) >= 11 is 0. The number of anilines is 1. The third-order valence-electron chi connectivity index (χ3n) is 5.81. The van der Waals surface area contributed by atoms with E-state index in [9.17, 15) is 10.1 Å². The molecule has 0 heterocycles. The van der Waals surface area contributed by atoms with E-state index in [0.29, 0.717) is 13.2 Å². The van der Waals surface area contributed by atoms with E-state index >= 15 is 0 Å². The Hall–Kier alpha value is -4.38. The number of non-ortho nitro benzene ring substituents is 1. The Morgan fingerprint density at radius 2 is 1.39 bits per heavy atom. The maximum Gasteiger partial charge on any atom is 0.269 e. The van der Waals surface area contributed by atoms with Gasteiger partial charge in [0.05, 0.1) is 4.92 Å². The number of nitro groups is 1. The molecule has 5 rings (SSSR count). The van der Waals surface area contributed by atoms with Crippen LogP contribution in [-0.2, 0) is 13.2 Å². The summed E-state index contributed by atoms with van der Waals surface area (Å²) in [5, 5.41) is 18.9. The van der Waals surface area contributed by atoms with Gasteiger partial charge in [-0.25, -0.2) is 0 Å². The van der Waals surface area contributed by atoms with Crippen LogP contribution in [0.25, 0.3) is 21.5 Å². The van der Waals surface area contributed by atoms with Gasteiger partial charge < -0.3 is 10.1 Å². The molecular formula is C28H22N2O3. The van der Waals surface area contributed by atoms with Crippen molar-refractivity contribution in [1.29, 1.82) is 0 Å². The van der Waals surface area contributed by atoms with Crippen molar-refractivity contribution in [3.63, 3.8) is 0 Å². The molecule has 0 atom stereocenters. The second-order valence-corrected chi connectivity index (χ2v) is 7.85. The van der Waals surface area contributed by atoms with Crippen LogP contribution < -0.4 is 10.1 Å². The molecule has 0 unspecified atom stereocenters. The Kier molecular flexibility index (Phi) is 5.60. The van der Waals surface area contributed by atoms with Gasteiger partial charge in [-0.2, -0.15) is 0 Å². The van der Waals surface area contributed by atoms with Gasteiger partial charge in [0.1, 0.15) is 12.4 Å². The average Bonchev–Trinajstić information content (AvgIpc) is 2.86. The van der Waals surface area contributed by atoms with Crippen LogP contribution in [0.2, 0.25) is 0 Å². The van der Waals surface area contributed by atoms with E-state index in [-0.39, 0.29) is 5.69 Å². The molecule has 1 N–H and O–H groups in total. The van der Waals surface area contributed by atoms with Crippen molar-refractivity contribution < 1.29 is 9.66 Å². The number of hydrogen-bond acceptors (Lipinski definition) is 4. The number of ether oxygens (including phenoxy) is 1. The first-order valence-electron chi connectivity index (χ1n) is 10.8. The van der Waals surface area contributed by atoms with Crippen LogP contribution in [0.1, 0.15) is 11.1 Å². The maximum atomic E-state index is 10.9. The molecule has 162 valence electrons. The van der Waals surface area contributed by atoms with Crippen LogP contribution >= 0.6 is 0 Å². The van der Waals surface area contributed by atoms with E-state index in [1.54, 1.807) is 12.1 Å². The van der Waals surface area contributed by atoms with Gasteiger partial charge in [-0.15, -0.1) is 0 Å². The summed E-state index contributed by atoms with van der Waals surface area (Å²) in [6.45, 7) is 0.994. The fraction of sp³-hybridized carbons (Fsp3) is 0.0714. The lowest BCUT2D eigenvalue weighted by molar-refractivity contribution is -0.384. The molecule has 0 aliphatic heterocycles. The quantitative estimate of drug-likeness (QED) is 0.219. The van der Waals surface area contributed by atoms with Gasteiger partial charge in [-0.3, -0.25) is 10.1 Å². The average molecular weight is 434 g/mol. The molecule has 0 fully saturated rings. The first-order valence-corrected chi connectivity index (χ1v) is 10.8. The van der Waals surface area contributed by atoms with Crippen molar-refractivity contribution in [3.05, 3.63) is 124 Å². The lowest BCUT2D eigenvalue weighted by Gasteiger charge is -2.16. The molecule has 5 aromatic carbocycles. The van der Waals surface area contributed by atoms with Gasteiger partial charge in [0.2, 0.25) is 0 Å². The molecule has 33 heavy (non-hydrogen) atoms. The topological polar surface area (TPSA) is 64.4 Å². The molecule has 0 amide bonds. The van der Waals surface area contributed by atoms with Crippen LogP contribution in [0.3, 0.4) is 0 Å². The summed E-state index contributed by atoms with van der Waals surface area (Å²) in [5.74, 6) is 0.816. The second-order valence-electron chi connectivity index (χ2n) is 7.85. The first-order chi connectivity index (χ1) is 16.2. The summed E-state index contributed by atoms with van der Waals surface area (Å²) < 4.78 is 6.35. The van der Waals surface area contributed by atoms with Crippen molar-refractivity contribution in [2.45, 2.75) is 13.2 Å². The zero-order valence-corrected chi connectivity index (χ0v) is 17.9. The molecular weight excluding hydrogens is 412 g/mol. The number of rotatable bonds is 7. The molecule has 0 bridgehead atoms. The van der Waals surface area contributed by atoms with E-state index < -0.39 is 4.92 Å². The van der Waals surface area contributed by atoms with Gasteiger partial charge in [0, 0.05) is 29.9 Å². The van der Waals surface area contributed by atoms with Crippen LogP contribution in [-0.4, -0.2) is 4.92 Å². The van der Waals surface area contributed by atoms with Crippen molar-refractivity contribution >= 4 is 32.9 Å². The number of nitro benzene ring substituents is 1. The van der Waals surface area contributed by atoms with Gasteiger partial charge in [-0.1, -0.05) is 72.8 Å². The zero-order valence-electron chi connectivity index (χ0n) is 17.9. The normalized spacial score (nSPS) is 10.9. The highest BCUT2D eigenvalue weighted by atomic mass is 16.6. The van der Waals surface area contributed by atoms with Crippen molar-refractivity contribution in [2.75, 3.05) is 5.32 Å². The van der Waals surface area contributed by atoms with Crippen molar-refractivity contribution in [2.24, 2.45) is 0 Å². The molecule has 0 saturated carbocycles. The third-order valence-corrected chi connectivity index (χ3v) is 5.81. The van der Waals surface area contributed by atoms with Crippen molar-refractivity contribution in [1.82, 2.24) is 0 Å². The minimum atomic E-state index is -0.395. The van der Waals surface area contributed by atoms with E-state index in [1.165, 1.54) is 22.9 Å². The van der Waals surface area contributed by atoms with Gasteiger partial charge in [0.15, 0.2) is 0 Å². The number of hydrogen-bond donors (Lipinski definition) is 1. The number of nitrogens with one attached hydrogen (secondary N) is 1. The Bertz CT molecular complexity index is 1440. The number of nitrogens with zero attached hydrogens (tertiary/aromatic N) is 1. The Morgan fingerprint density at radius 3 is 2.15 bits per heavy atom. The smallest absolute Gasteiger partial charge is 0.269 e. The molecule has 0 radical (unpaired) electrons. The molecule has 5 aromatic rings. The van der Waals surface area contributed by atoms with Crippen LogP contribution in [0.4, 0.5) is 11.4 Å². The SMILES string of the molecule is O=[N+]([O-])c1ccc(NCc2c(OCc3cccc4ccccc34)ccc3ccccc23)cc1. The van der Waals surface area contributed by atoms with Crippen LogP contribution in [0, 0.1) is 10.1 Å². The zero-order chi connectivity index (χ0) is 22.6. The number of benzene rings is 5. The lowest BCUT2D eigenvalue weighted by atomic mass is 10.0. The summed E-state index contributed by atoms with van der Waals surface area (Å²) in [6.07, 6.45) is 0. The van der Waals surface area contributed by atoms with E-state index in [1.807, 2.05) is 30.3 Å². The third kappa shape index (κ3) is 4.34. The van der Waals surface area contributed by atoms with Gasteiger partial charge >= 0.3 is 0 Å². The van der Waals surface area contributed by atoms with Crippen LogP contribution in [0.5, 0.6) is 5.75 Å². The van der Waals surface area contributed by atoms with E-state index in [4.69, 9.17) is 4.74 Å². The molecule has 0 aliphatic rings. The highest BCUT2D eigenvalue weighted by Crippen LogP contribution is 2.30. The molecule has 0 saturated heterocycles. The highest BCUT2D eigenvalue weighted by molar-refractivity contribution is 5.88. The van der Waals surface area contributed by atoms with Crippen molar-refractivity contribution in [3.8, 4) is 5.75 Å². The minimum absolute atomic E-state index is 0.0739. The Balaban J connectivity index is 1.43. The molecule has 5 nitrogen and oxygen atoms in total. The van der Waals surface area contributed by atoms with Gasteiger partial charge in [0.25, 0.3) is 5.69 Å². The maximum absolute atomic E-state index is 10.9. The predicted octanol–water partition coefficient (Wildman–Crippen LogP) is 7.09. The standard InChI is InChI=1S/C28H22N2O3/c31-30(32)24-15-13-23(14-16-24)29-18-27-26-11-4-2-7-21(26)12-17-28(27)33-19-22-9-5-8-20-6-1-3-10-25(20)22/h1-17,29H,18-19H2. The summed E-state index contributed by atoms with van der Waals surface area (Å²) in [4.78, 5) is 10.5. The first kappa shape index (κ1) is 20.5. The summed E-state index contributed by atoms with van der Waals surface area (Å²) in [6, 6.07) is 33.3. The fourth-order valence-corrected chi connectivity index (χ4v) is 4.10. The second kappa shape index (κ2) is 9.01. The molecule has 5 heteroatoms. The molecule has 0 aliphatic carbocycles. The number of fused-ring (bicyclic) bond motifs is 2. The Morgan fingerprint density at radius 1 is 0.727 bits per heavy atom. The molecule has 0 aromatic heterocycles. The minimum Gasteiger partial charge on any atom is -0.489 e. The Labute approximate surface area is 191 Å². The van der Waals surface area contributed by atoms with E-state index in [0.717, 1.165) is 33.3 Å². The molecule has 0 spiro atoms. The largest absolute Gasteiger partial charge is 0.489 e. The van der Waals surface area contributed by atoms with Gasteiger partial charge in [-0.05, 0) is 45.3 Å².